The van der Waals surface area contributed by atoms with Crippen LogP contribution >= 0.6 is 11.6 Å². The fraction of sp³-hybridized carbons (Fsp3) is 0.250. The topological polar surface area (TPSA) is 32.9 Å². The highest BCUT2D eigenvalue weighted by Gasteiger charge is 2.04. The minimum absolute atomic E-state index is 0.0335. The van der Waals surface area contributed by atoms with Crippen LogP contribution in [0, 0.1) is 13.8 Å². The predicted octanol–water partition coefficient (Wildman–Crippen LogP) is 2.88. The van der Waals surface area contributed by atoms with E-state index in [-0.39, 0.29) is 5.43 Å². The van der Waals surface area contributed by atoms with Gasteiger partial charge in [-0.05, 0) is 31.0 Å². The average Bonchev–Trinajstić information content (AvgIpc) is 2.19. The molecule has 1 N–H and O–H groups in total. The lowest BCUT2D eigenvalue weighted by Gasteiger charge is -2.05. The third kappa shape index (κ3) is 1.77. The fourth-order valence-electron chi connectivity index (χ4n) is 1.83. The van der Waals surface area contributed by atoms with E-state index in [2.05, 4.69) is 11.1 Å². The number of benzene rings is 1. The number of aromatic amines is 1. The molecule has 2 rings (SSSR count). The van der Waals surface area contributed by atoms with E-state index in [1.165, 1.54) is 0 Å². The van der Waals surface area contributed by atoms with Crippen LogP contribution in [0.2, 0.25) is 0 Å². The molecule has 0 fully saturated rings. The molecule has 0 saturated carbocycles. The SMILES string of the molecule is Cc1cc(C)c2[nH]c(CCl)cc(=O)c2c1. The Morgan fingerprint density at radius 2 is 2.00 bits per heavy atom. The molecule has 0 bridgehead atoms. The summed E-state index contributed by atoms with van der Waals surface area (Å²) in [6, 6.07) is 5.52. The summed E-state index contributed by atoms with van der Waals surface area (Å²) >= 11 is 5.71. The Morgan fingerprint density at radius 1 is 1.27 bits per heavy atom. The van der Waals surface area contributed by atoms with E-state index in [0.717, 1.165) is 27.7 Å². The van der Waals surface area contributed by atoms with Gasteiger partial charge in [0.2, 0.25) is 0 Å². The zero-order valence-electron chi connectivity index (χ0n) is 8.73. The summed E-state index contributed by atoms with van der Waals surface area (Å²) < 4.78 is 0. The maximum atomic E-state index is 11.8. The van der Waals surface area contributed by atoms with Crippen molar-refractivity contribution in [1.29, 1.82) is 0 Å². The molecule has 0 spiro atoms. The largest absolute Gasteiger partial charge is 0.357 e. The standard InChI is InChI=1S/C12H12ClNO/c1-7-3-8(2)12-10(4-7)11(15)5-9(6-13)14-12/h3-5H,6H2,1-2H3,(H,14,15). The minimum Gasteiger partial charge on any atom is -0.357 e. The molecule has 15 heavy (non-hydrogen) atoms. The highest BCUT2D eigenvalue weighted by molar-refractivity contribution is 6.16. The van der Waals surface area contributed by atoms with Gasteiger partial charge in [-0.25, -0.2) is 0 Å². The molecule has 0 aliphatic heterocycles. The quantitative estimate of drug-likeness (QED) is 0.738. The van der Waals surface area contributed by atoms with Crippen LogP contribution in [-0.4, -0.2) is 4.98 Å². The van der Waals surface area contributed by atoms with E-state index in [0.29, 0.717) is 5.88 Å². The Balaban J connectivity index is 2.91. The van der Waals surface area contributed by atoms with Crippen LogP contribution in [0.5, 0.6) is 0 Å². The van der Waals surface area contributed by atoms with E-state index in [1.54, 1.807) is 6.07 Å². The number of rotatable bonds is 1. The maximum Gasteiger partial charge on any atom is 0.189 e. The van der Waals surface area contributed by atoms with Crippen LogP contribution < -0.4 is 5.43 Å². The molecule has 2 aromatic rings. The number of hydrogen-bond acceptors (Lipinski definition) is 1. The number of pyridine rings is 1. The zero-order chi connectivity index (χ0) is 11.0. The zero-order valence-corrected chi connectivity index (χ0v) is 9.48. The van der Waals surface area contributed by atoms with Gasteiger partial charge in [-0.2, -0.15) is 0 Å². The molecule has 1 heterocycles. The van der Waals surface area contributed by atoms with E-state index in [9.17, 15) is 4.79 Å². The Labute approximate surface area is 92.9 Å². The summed E-state index contributed by atoms with van der Waals surface area (Å²) in [5, 5.41) is 0.737. The molecule has 0 aliphatic carbocycles. The number of nitrogens with one attached hydrogen (secondary N) is 1. The van der Waals surface area contributed by atoms with Gasteiger partial charge in [0.05, 0.1) is 11.4 Å². The van der Waals surface area contributed by atoms with Crippen LogP contribution in [0.15, 0.2) is 23.0 Å². The van der Waals surface area contributed by atoms with Gasteiger partial charge >= 0.3 is 0 Å². The summed E-state index contributed by atoms with van der Waals surface area (Å²) in [7, 11) is 0. The first-order valence-corrected chi connectivity index (χ1v) is 5.34. The molecule has 0 atom stereocenters. The van der Waals surface area contributed by atoms with Crippen molar-refractivity contribution in [2.75, 3.05) is 0 Å². The number of aromatic nitrogens is 1. The number of hydrogen-bond donors (Lipinski definition) is 1. The van der Waals surface area contributed by atoms with E-state index in [4.69, 9.17) is 11.6 Å². The van der Waals surface area contributed by atoms with Gasteiger partial charge in [0.25, 0.3) is 0 Å². The van der Waals surface area contributed by atoms with E-state index < -0.39 is 0 Å². The van der Waals surface area contributed by atoms with Crippen molar-refractivity contribution < 1.29 is 0 Å². The molecule has 1 aromatic carbocycles. The molecule has 78 valence electrons. The fourth-order valence-corrected chi connectivity index (χ4v) is 1.98. The van der Waals surface area contributed by atoms with Crippen molar-refractivity contribution in [3.63, 3.8) is 0 Å². The van der Waals surface area contributed by atoms with Crippen molar-refractivity contribution in [2.45, 2.75) is 19.7 Å². The van der Waals surface area contributed by atoms with Gasteiger partial charge in [-0.3, -0.25) is 4.79 Å². The molecule has 0 unspecified atom stereocenters. The summed E-state index contributed by atoms with van der Waals surface area (Å²) in [5.74, 6) is 0.332. The Bertz CT molecular complexity index is 572. The molecular formula is C12H12ClNO. The monoisotopic (exact) mass is 221 g/mol. The molecule has 2 nitrogen and oxygen atoms in total. The summed E-state index contributed by atoms with van der Waals surface area (Å²) in [6.45, 7) is 3.98. The van der Waals surface area contributed by atoms with Crippen LogP contribution in [-0.2, 0) is 5.88 Å². The van der Waals surface area contributed by atoms with E-state index >= 15 is 0 Å². The van der Waals surface area contributed by atoms with Crippen LogP contribution in [0.25, 0.3) is 10.9 Å². The van der Waals surface area contributed by atoms with Crippen molar-refractivity contribution in [3.05, 3.63) is 45.2 Å². The average molecular weight is 222 g/mol. The number of halogens is 1. The number of fused-ring (bicyclic) bond motifs is 1. The second-order valence-electron chi connectivity index (χ2n) is 3.80. The van der Waals surface area contributed by atoms with Crippen LogP contribution in [0.3, 0.4) is 0 Å². The Hall–Kier alpha value is -1.28. The van der Waals surface area contributed by atoms with Gasteiger partial charge in [-0.1, -0.05) is 6.07 Å². The number of H-pyrrole nitrogens is 1. The van der Waals surface area contributed by atoms with Gasteiger partial charge in [-0.15, -0.1) is 11.6 Å². The first kappa shape index (κ1) is 10.2. The highest BCUT2D eigenvalue weighted by atomic mass is 35.5. The van der Waals surface area contributed by atoms with Gasteiger partial charge in [0.1, 0.15) is 0 Å². The molecule has 0 radical (unpaired) electrons. The normalized spacial score (nSPS) is 10.9. The van der Waals surface area contributed by atoms with Crippen molar-refractivity contribution in [3.8, 4) is 0 Å². The van der Waals surface area contributed by atoms with Crippen LogP contribution in [0.4, 0.5) is 0 Å². The third-order valence-corrected chi connectivity index (χ3v) is 2.77. The number of alkyl halides is 1. The Morgan fingerprint density at radius 3 is 2.67 bits per heavy atom. The lowest BCUT2D eigenvalue weighted by Crippen LogP contribution is -2.05. The first-order chi connectivity index (χ1) is 7.11. The second kappa shape index (κ2) is 3.70. The summed E-state index contributed by atoms with van der Waals surface area (Å²) in [6.07, 6.45) is 0. The summed E-state index contributed by atoms with van der Waals surface area (Å²) in [5.41, 5.74) is 3.87. The highest BCUT2D eigenvalue weighted by Crippen LogP contribution is 2.16. The first-order valence-electron chi connectivity index (χ1n) is 4.81. The second-order valence-corrected chi connectivity index (χ2v) is 4.06. The number of aryl methyl sites for hydroxylation is 2. The minimum atomic E-state index is 0.0335. The van der Waals surface area contributed by atoms with Crippen molar-refractivity contribution >= 4 is 22.5 Å². The Kier molecular flexibility index (Phi) is 2.53. The molecule has 0 amide bonds. The maximum absolute atomic E-state index is 11.8. The lowest BCUT2D eigenvalue weighted by atomic mass is 10.1. The molecular weight excluding hydrogens is 210 g/mol. The molecule has 0 saturated heterocycles. The summed E-state index contributed by atoms with van der Waals surface area (Å²) in [4.78, 5) is 15.0. The van der Waals surface area contributed by atoms with Gasteiger partial charge < -0.3 is 4.98 Å². The third-order valence-electron chi connectivity index (χ3n) is 2.48. The predicted molar refractivity (Wildman–Crippen MR) is 63.6 cm³/mol. The molecule has 3 heteroatoms. The van der Waals surface area contributed by atoms with Gasteiger partial charge in [0, 0.05) is 17.1 Å². The van der Waals surface area contributed by atoms with Crippen molar-refractivity contribution in [2.24, 2.45) is 0 Å². The molecule has 1 aromatic heterocycles. The van der Waals surface area contributed by atoms with Gasteiger partial charge in [0.15, 0.2) is 5.43 Å². The van der Waals surface area contributed by atoms with Crippen LogP contribution in [0.1, 0.15) is 16.8 Å². The smallest absolute Gasteiger partial charge is 0.189 e. The van der Waals surface area contributed by atoms with Crippen molar-refractivity contribution in [1.82, 2.24) is 4.98 Å². The lowest BCUT2D eigenvalue weighted by molar-refractivity contribution is 1.19. The molecule has 0 aliphatic rings. The van der Waals surface area contributed by atoms with E-state index in [1.807, 2.05) is 19.9 Å².